The predicted molar refractivity (Wildman–Crippen MR) is 143 cm³/mol. The molecule has 1 atom stereocenters. The lowest BCUT2D eigenvalue weighted by Gasteiger charge is -2.47. The minimum Gasteiger partial charge on any atom is -0.345 e. The number of carbonyl (C=O) groups is 2. The number of amides is 2. The van der Waals surface area contributed by atoms with E-state index in [0.717, 1.165) is 50.5 Å². The van der Waals surface area contributed by atoms with Gasteiger partial charge in [0.15, 0.2) is 5.82 Å². The van der Waals surface area contributed by atoms with Crippen LogP contribution in [0, 0.1) is 11.3 Å². The van der Waals surface area contributed by atoms with Gasteiger partial charge >= 0.3 is 0 Å². The molecule has 4 rings (SSSR count). The highest BCUT2D eigenvalue weighted by Gasteiger charge is 2.51. The molecule has 2 heterocycles. The first-order valence-electron chi connectivity index (χ1n) is 13.7. The number of nitrogens with one attached hydrogen (secondary N) is 2. The Kier molecular flexibility index (Phi) is 8.09. The third-order valence-corrected chi connectivity index (χ3v) is 8.10. The average molecular weight is 508 g/mol. The Morgan fingerprint density at radius 2 is 1.89 bits per heavy atom. The number of tetrazole rings is 1. The van der Waals surface area contributed by atoms with Crippen LogP contribution in [0.1, 0.15) is 114 Å². The molecule has 0 radical (unpaired) electrons. The number of rotatable bonds is 9. The van der Waals surface area contributed by atoms with E-state index in [-0.39, 0.29) is 29.8 Å². The van der Waals surface area contributed by atoms with Crippen molar-refractivity contribution in [2.75, 3.05) is 0 Å². The van der Waals surface area contributed by atoms with Crippen LogP contribution in [-0.4, -0.2) is 48.7 Å². The summed E-state index contributed by atoms with van der Waals surface area (Å²) in [5.74, 6) is 0.942. The van der Waals surface area contributed by atoms with Crippen LogP contribution in [0.5, 0.6) is 0 Å². The number of aliphatic imine (C=N–C) groups is 1. The summed E-state index contributed by atoms with van der Waals surface area (Å²) in [5, 5.41) is 16.4. The molecule has 1 aliphatic heterocycles. The molecule has 1 saturated carbocycles. The van der Waals surface area contributed by atoms with E-state index in [1.807, 2.05) is 31.2 Å². The van der Waals surface area contributed by atoms with Crippen molar-refractivity contribution >= 4 is 17.5 Å². The highest BCUT2D eigenvalue weighted by molar-refractivity contribution is 6.40. The minimum atomic E-state index is -0.455. The van der Waals surface area contributed by atoms with Gasteiger partial charge in [-0.05, 0) is 67.6 Å². The van der Waals surface area contributed by atoms with E-state index in [1.54, 1.807) is 0 Å². The molecule has 1 aliphatic carbocycles. The number of hydrogen-bond donors (Lipinski definition) is 2. The molecule has 0 unspecified atom stereocenters. The molecule has 1 spiro atoms. The van der Waals surface area contributed by atoms with Crippen LogP contribution in [-0.2, 0) is 11.3 Å². The van der Waals surface area contributed by atoms with Gasteiger partial charge in [-0.25, -0.2) is 0 Å². The van der Waals surface area contributed by atoms with Crippen LogP contribution >= 0.6 is 0 Å². The third-order valence-electron chi connectivity index (χ3n) is 8.10. The van der Waals surface area contributed by atoms with Crippen molar-refractivity contribution < 1.29 is 9.59 Å². The zero-order chi connectivity index (χ0) is 26.6. The molecule has 2 amide bonds. The molecule has 1 aromatic carbocycles. The first-order chi connectivity index (χ1) is 17.7. The number of unbranched alkanes of at least 4 members (excludes halogenated alkanes) is 1. The molecule has 2 aromatic rings. The van der Waals surface area contributed by atoms with E-state index in [0.29, 0.717) is 29.4 Å². The Morgan fingerprint density at radius 3 is 2.46 bits per heavy atom. The van der Waals surface area contributed by atoms with Gasteiger partial charge in [0.05, 0.1) is 12.6 Å². The van der Waals surface area contributed by atoms with Crippen LogP contribution in [0.2, 0.25) is 0 Å². The second-order valence-corrected chi connectivity index (χ2v) is 11.5. The Hall–Kier alpha value is -3.10. The topological polar surface area (TPSA) is 116 Å². The van der Waals surface area contributed by atoms with Crippen LogP contribution in [0.25, 0.3) is 0 Å². The van der Waals surface area contributed by atoms with Crippen LogP contribution < -0.4 is 5.32 Å². The van der Waals surface area contributed by atoms with Crippen LogP contribution in [0.3, 0.4) is 0 Å². The van der Waals surface area contributed by atoms with E-state index in [4.69, 9.17) is 4.99 Å². The average Bonchev–Trinajstić information content (AvgIpc) is 3.50. The largest absolute Gasteiger partial charge is 0.345 e. The first kappa shape index (κ1) is 26.9. The van der Waals surface area contributed by atoms with Gasteiger partial charge < -0.3 is 10.2 Å². The van der Waals surface area contributed by atoms with Crippen molar-refractivity contribution in [1.29, 1.82) is 0 Å². The van der Waals surface area contributed by atoms with Gasteiger partial charge in [-0.2, -0.15) is 5.21 Å². The van der Waals surface area contributed by atoms with E-state index in [1.165, 1.54) is 0 Å². The van der Waals surface area contributed by atoms with E-state index < -0.39 is 5.66 Å². The molecule has 9 nitrogen and oxygen atoms in total. The fraction of sp³-hybridized carbons (Fsp3) is 0.643. The molecule has 0 saturated heterocycles. The summed E-state index contributed by atoms with van der Waals surface area (Å²) < 4.78 is 0. The molecule has 200 valence electrons. The van der Waals surface area contributed by atoms with Crippen molar-refractivity contribution in [2.45, 2.75) is 104 Å². The van der Waals surface area contributed by atoms with Gasteiger partial charge in [-0.3, -0.25) is 14.6 Å². The van der Waals surface area contributed by atoms with Crippen molar-refractivity contribution in [3.63, 3.8) is 0 Å². The molecule has 9 heteroatoms. The van der Waals surface area contributed by atoms with Gasteiger partial charge in [0, 0.05) is 5.56 Å². The van der Waals surface area contributed by atoms with Crippen molar-refractivity contribution in [2.24, 2.45) is 16.3 Å². The highest BCUT2D eigenvalue weighted by atomic mass is 16.2. The standard InChI is InChI=1S/C28H41N7O2/c1-6-8-9-23(19-10-12-20(13-11-19)25(36)29-18-24-31-33-34-32-24)35-26(37)22(7-2)30-28(35)16-14-21(15-17-28)27(3,4)5/h10-13,21,23H,6-9,14-18H2,1-5H3,(H,29,36)(H,31,32,33,34)/t21?,23-,28?/m1/s1. The van der Waals surface area contributed by atoms with Gasteiger partial charge in [0.1, 0.15) is 11.4 Å². The van der Waals surface area contributed by atoms with Gasteiger partial charge in [0.2, 0.25) is 0 Å². The van der Waals surface area contributed by atoms with Gasteiger partial charge in [-0.1, -0.05) is 64.8 Å². The highest BCUT2D eigenvalue weighted by Crippen LogP contribution is 2.49. The molecular formula is C28H41N7O2. The zero-order valence-corrected chi connectivity index (χ0v) is 22.9. The number of H-pyrrole nitrogens is 1. The number of carbonyl (C=O) groups excluding carboxylic acids is 2. The second-order valence-electron chi connectivity index (χ2n) is 11.5. The van der Waals surface area contributed by atoms with Gasteiger partial charge in [-0.15, -0.1) is 10.2 Å². The summed E-state index contributed by atoms with van der Waals surface area (Å²) in [4.78, 5) is 33.7. The quantitative estimate of drug-likeness (QED) is 0.496. The molecule has 2 aliphatic rings. The number of aromatic amines is 1. The smallest absolute Gasteiger partial charge is 0.270 e. The van der Waals surface area contributed by atoms with Crippen molar-refractivity contribution in [1.82, 2.24) is 30.8 Å². The third kappa shape index (κ3) is 5.75. The fourth-order valence-electron chi connectivity index (χ4n) is 5.86. The Morgan fingerprint density at radius 1 is 1.19 bits per heavy atom. The maximum Gasteiger partial charge on any atom is 0.270 e. The van der Waals surface area contributed by atoms with Crippen LogP contribution in [0.4, 0.5) is 0 Å². The predicted octanol–water partition coefficient (Wildman–Crippen LogP) is 4.99. The van der Waals surface area contributed by atoms with Gasteiger partial charge in [0.25, 0.3) is 11.8 Å². The van der Waals surface area contributed by atoms with E-state index in [2.05, 4.69) is 58.5 Å². The normalized spacial score (nSPS) is 22.8. The molecule has 0 bridgehead atoms. The number of benzene rings is 1. The number of hydrogen-bond acceptors (Lipinski definition) is 6. The summed E-state index contributed by atoms with van der Waals surface area (Å²) >= 11 is 0. The SMILES string of the molecule is CCCC[C@H](c1ccc(C(=O)NCc2nn[nH]n2)cc1)N1C(=O)C(CC)=NC12CCC(C(C)(C)C)CC2. The molecule has 2 N–H and O–H groups in total. The summed E-state index contributed by atoms with van der Waals surface area (Å²) in [7, 11) is 0. The number of nitrogens with zero attached hydrogens (tertiary/aromatic N) is 5. The maximum atomic E-state index is 13.8. The van der Waals surface area contributed by atoms with Crippen LogP contribution in [0.15, 0.2) is 29.3 Å². The Balaban J connectivity index is 1.57. The molecular weight excluding hydrogens is 466 g/mol. The minimum absolute atomic E-state index is 0.0668. The summed E-state index contributed by atoms with van der Waals surface area (Å²) in [6.07, 6.45) is 7.57. The lowest BCUT2D eigenvalue weighted by Crippen LogP contribution is -2.51. The molecule has 1 fully saturated rings. The first-order valence-corrected chi connectivity index (χ1v) is 13.7. The lowest BCUT2D eigenvalue weighted by molar-refractivity contribution is -0.134. The number of aromatic nitrogens is 4. The Bertz CT molecular complexity index is 1090. The zero-order valence-electron chi connectivity index (χ0n) is 22.9. The van der Waals surface area contributed by atoms with E-state index >= 15 is 0 Å². The summed E-state index contributed by atoms with van der Waals surface area (Å²) in [5.41, 5.74) is 2.12. The van der Waals surface area contributed by atoms with Crippen molar-refractivity contribution in [3.8, 4) is 0 Å². The van der Waals surface area contributed by atoms with E-state index in [9.17, 15) is 9.59 Å². The monoisotopic (exact) mass is 507 g/mol. The maximum absolute atomic E-state index is 13.8. The summed E-state index contributed by atoms with van der Waals surface area (Å²) in [6, 6.07) is 7.60. The lowest BCUT2D eigenvalue weighted by atomic mass is 9.69. The summed E-state index contributed by atoms with van der Waals surface area (Å²) in [6.45, 7) is 11.4. The fourth-order valence-corrected chi connectivity index (χ4v) is 5.86. The molecule has 37 heavy (non-hydrogen) atoms. The Labute approximate surface area is 219 Å². The second kappa shape index (κ2) is 11.1. The van der Waals surface area contributed by atoms with Crippen molar-refractivity contribution in [3.05, 3.63) is 41.2 Å². The molecule has 1 aromatic heterocycles.